The molecule has 0 aliphatic heterocycles. The molecule has 0 aromatic carbocycles. The van der Waals surface area contributed by atoms with Crippen LogP contribution in [-0.4, -0.2) is 19.6 Å². The zero-order valence-corrected chi connectivity index (χ0v) is 10.9. The van der Waals surface area contributed by atoms with Gasteiger partial charge in [-0.2, -0.15) is 10.2 Å². The molecule has 2 N–H and O–H groups in total. The van der Waals surface area contributed by atoms with Gasteiger partial charge in [-0.15, -0.1) is 0 Å². The van der Waals surface area contributed by atoms with Gasteiger partial charge in [0.2, 0.25) is 0 Å². The first-order valence-corrected chi connectivity index (χ1v) is 5.80. The largest absolute Gasteiger partial charge is 0.322 e. The summed E-state index contributed by atoms with van der Waals surface area (Å²) >= 11 is 6.17. The third-order valence-electron chi connectivity index (χ3n) is 2.81. The van der Waals surface area contributed by atoms with E-state index >= 15 is 0 Å². The van der Waals surface area contributed by atoms with Crippen molar-refractivity contribution < 1.29 is 0 Å². The molecule has 0 saturated carbocycles. The molecule has 2 heterocycles. The minimum atomic E-state index is -0.156. The Bertz CT molecular complexity index is 528. The second-order valence-electron chi connectivity index (χ2n) is 4.20. The fourth-order valence-corrected chi connectivity index (χ4v) is 2.11. The maximum Gasteiger partial charge on any atom is 0.130 e. The van der Waals surface area contributed by atoms with Crippen LogP contribution in [0.3, 0.4) is 0 Å². The van der Waals surface area contributed by atoms with Gasteiger partial charge < -0.3 is 5.73 Å². The molecule has 92 valence electrons. The minimum absolute atomic E-state index is 0.156. The van der Waals surface area contributed by atoms with Crippen molar-refractivity contribution in [1.29, 1.82) is 0 Å². The predicted molar refractivity (Wildman–Crippen MR) is 66.8 cm³/mol. The van der Waals surface area contributed by atoms with Crippen molar-refractivity contribution in [3.8, 4) is 0 Å². The molecule has 6 heteroatoms. The Morgan fingerprint density at radius 1 is 1.41 bits per heavy atom. The maximum absolute atomic E-state index is 6.17. The molecule has 0 aliphatic rings. The van der Waals surface area contributed by atoms with Crippen molar-refractivity contribution in [2.45, 2.75) is 19.4 Å². The fraction of sp³-hybridized carbons (Fsp3) is 0.455. The molecule has 5 nitrogen and oxygen atoms in total. The predicted octanol–water partition coefficient (Wildman–Crippen LogP) is 1.36. The molecule has 0 saturated heterocycles. The lowest BCUT2D eigenvalue weighted by Gasteiger charge is -2.08. The lowest BCUT2D eigenvalue weighted by atomic mass is 10.1. The summed E-state index contributed by atoms with van der Waals surface area (Å²) in [6.07, 6.45) is 2.53. The topological polar surface area (TPSA) is 61.7 Å². The molecule has 1 atom stereocenters. The van der Waals surface area contributed by atoms with E-state index in [4.69, 9.17) is 17.3 Å². The van der Waals surface area contributed by atoms with Crippen molar-refractivity contribution >= 4 is 11.6 Å². The van der Waals surface area contributed by atoms with E-state index in [-0.39, 0.29) is 6.04 Å². The van der Waals surface area contributed by atoms with Gasteiger partial charge in [0.05, 0.1) is 17.4 Å². The molecule has 0 spiro atoms. The van der Waals surface area contributed by atoms with E-state index in [0.29, 0.717) is 11.6 Å². The van der Waals surface area contributed by atoms with Crippen LogP contribution in [0.25, 0.3) is 0 Å². The average molecular weight is 254 g/mol. The van der Waals surface area contributed by atoms with Crippen LogP contribution in [-0.2, 0) is 20.5 Å². The summed E-state index contributed by atoms with van der Waals surface area (Å²) in [5.41, 5.74) is 8.90. The number of nitrogens with two attached hydrogens (primary N) is 1. The maximum atomic E-state index is 6.17. The van der Waals surface area contributed by atoms with Crippen LogP contribution in [0.1, 0.15) is 23.0 Å². The lowest BCUT2D eigenvalue weighted by Crippen LogP contribution is -2.15. The number of rotatable bonds is 3. The number of nitrogens with zero attached hydrogens (tertiary/aromatic N) is 4. The van der Waals surface area contributed by atoms with Crippen LogP contribution < -0.4 is 5.73 Å². The summed E-state index contributed by atoms with van der Waals surface area (Å²) in [6.45, 7) is 1.94. The van der Waals surface area contributed by atoms with Crippen molar-refractivity contribution in [3.63, 3.8) is 0 Å². The number of aryl methyl sites for hydroxylation is 3. The van der Waals surface area contributed by atoms with Gasteiger partial charge in [0.15, 0.2) is 0 Å². The Morgan fingerprint density at radius 2 is 2.12 bits per heavy atom. The lowest BCUT2D eigenvalue weighted by molar-refractivity contribution is 0.655. The molecule has 0 fully saturated rings. The highest BCUT2D eigenvalue weighted by atomic mass is 35.5. The Labute approximate surface area is 105 Å². The summed E-state index contributed by atoms with van der Waals surface area (Å²) < 4.78 is 3.41. The molecule has 17 heavy (non-hydrogen) atoms. The van der Waals surface area contributed by atoms with Crippen molar-refractivity contribution in [3.05, 3.63) is 34.4 Å². The van der Waals surface area contributed by atoms with E-state index in [1.807, 2.05) is 33.3 Å². The zero-order chi connectivity index (χ0) is 12.6. The normalized spacial score (nSPS) is 13.0. The van der Waals surface area contributed by atoms with Crippen LogP contribution >= 0.6 is 11.6 Å². The summed E-state index contributed by atoms with van der Waals surface area (Å²) in [6, 6.07) is 1.76. The van der Waals surface area contributed by atoms with Crippen LogP contribution in [0.2, 0.25) is 5.15 Å². The highest BCUT2D eigenvalue weighted by Crippen LogP contribution is 2.23. The molecule has 0 aliphatic carbocycles. The molecule has 2 aromatic heterocycles. The first kappa shape index (κ1) is 12.1. The second kappa shape index (κ2) is 4.50. The van der Waals surface area contributed by atoms with Gasteiger partial charge in [-0.1, -0.05) is 11.6 Å². The number of halogens is 1. The first-order valence-electron chi connectivity index (χ1n) is 5.42. The fourth-order valence-electron chi connectivity index (χ4n) is 1.86. The van der Waals surface area contributed by atoms with E-state index in [0.717, 1.165) is 17.0 Å². The monoisotopic (exact) mass is 253 g/mol. The first-order chi connectivity index (χ1) is 7.99. The van der Waals surface area contributed by atoms with Gasteiger partial charge >= 0.3 is 0 Å². The highest BCUT2D eigenvalue weighted by molar-refractivity contribution is 6.30. The Balaban J connectivity index is 2.21. The van der Waals surface area contributed by atoms with Crippen molar-refractivity contribution in [2.75, 3.05) is 0 Å². The minimum Gasteiger partial charge on any atom is -0.322 e. The average Bonchev–Trinajstić information content (AvgIpc) is 2.79. The van der Waals surface area contributed by atoms with Crippen molar-refractivity contribution in [1.82, 2.24) is 19.6 Å². The Kier molecular flexibility index (Phi) is 3.22. The molecule has 0 amide bonds. The number of hydrogen-bond acceptors (Lipinski definition) is 3. The molecule has 0 bridgehead atoms. The molecule has 1 unspecified atom stereocenters. The van der Waals surface area contributed by atoms with Gasteiger partial charge in [0.1, 0.15) is 5.15 Å². The van der Waals surface area contributed by atoms with E-state index in [2.05, 4.69) is 10.2 Å². The zero-order valence-electron chi connectivity index (χ0n) is 10.2. The van der Waals surface area contributed by atoms with Gasteiger partial charge in [-0.25, -0.2) is 0 Å². The SMILES string of the molecule is Cc1nn(C)c(Cl)c1CC(N)c1ccn(C)n1. The van der Waals surface area contributed by atoms with E-state index < -0.39 is 0 Å². The quantitative estimate of drug-likeness (QED) is 0.899. The number of aromatic nitrogens is 4. The summed E-state index contributed by atoms with van der Waals surface area (Å²) in [5, 5.41) is 9.21. The van der Waals surface area contributed by atoms with Gasteiger partial charge in [-0.05, 0) is 19.4 Å². The van der Waals surface area contributed by atoms with Crippen molar-refractivity contribution in [2.24, 2.45) is 19.8 Å². The number of hydrogen-bond donors (Lipinski definition) is 1. The Hall–Kier alpha value is -1.33. The van der Waals surface area contributed by atoms with E-state index in [1.54, 1.807) is 9.36 Å². The molecule has 0 radical (unpaired) electrons. The van der Waals surface area contributed by atoms with Gasteiger partial charge in [0, 0.05) is 25.9 Å². The molecular weight excluding hydrogens is 238 g/mol. The smallest absolute Gasteiger partial charge is 0.130 e. The summed E-state index contributed by atoms with van der Waals surface area (Å²) in [4.78, 5) is 0. The summed E-state index contributed by atoms with van der Waals surface area (Å²) in [7, 11) is 3.70. The van der Waals surface area contributed by atoms with Crippen LogP contribution in [0, 0.1) is 6.92 Å². The second-order valence-corrected chi connectivity index (χ2v) is 4.56. The van der Waals surface area contributed by atoms with E-state index in [1.165, 1.54) is 0 Å². The van der Waals surface area contributed by atoms with Gasteiger partial charge in [0.25, 0.3) is 0 Å². The standard InChI is InChI=1S/C11H16ClN5/c1-7-8(11(12)17(3)14-7)6-9(13)10-4-5-16(2)15-10/h4-5,9H,6,13H2,1-3H3. The molecule has 2 rings (SSSR count). The molecular formula is C11H16ClN5. The third-order valence-corrected chi connectivity index (χ3v) is 3.28. The third kappa shape index (κ3) is 2.35. The Morgan fingerprint density at radius 3 is 2.59 bits per heavy atom. The van der Waals surface area contributed by atoms with Gasteiger partial charge in [-0.3, -0.25) is 9.36 Å². The van der Waals surface area contributed by atoms with Crippen LogP contribution in [0.5, 0.6) is 0 Å². The highest BCUT2D eigenvalue weighted by Gasteiger charge is 2.17. The van der Waals surface area contributed by atoms with Crippen LogP contribution in [0.15, 0.2) is 12.3 Å². The van der Waals surface area contributed by atoms with E-state index in [9.17, 15) is 0 Å². The summed E-state index contributed by atoms with van der Waals surface area (Å²) in [5.74, 6) is 0. The van der Waals surface area contributed by atoms with Crippen LogP contribution in [0.4, 0.5) is 0 Å². The molecule has 2 aromatic rings.